The quantitative estimate of drug-likeness (QED) is 0.529. The average molecular weight is 292 g/mol. The van der Waals surface area contributed by atoms with Gasteiger partial charge in [-0.1, -0.05) is 0 Å². The maximum atomic E-state index is 11.9. The zero-order valence-corrected chi connectivity index (χ0v) is 11.5. The molecule has 0 aromatic carbocycles. The van der Waals surface area contributed by atoms with Gasteiger partial charge in [0.25, 0.3) is 0 Å². The van der Waals surface area contributed by atoms with Crippen molar-refractivity contribution in [1.82, 2.24) is 10.3 Å². The number of rotatable bonds is 4. The zero-order valence-electron chi connectivity index (χ0n) is 11.5. The minimum Gasteiger partial charge on any atom is -0.462 e. The molecule has 8 nitrogen and oxygen atoms in total. The second kappa shape index (κ2) is 6.21. The van der Waals surface area contributed by atoms with Crippen LogP contribution in [-0.4, -0.2) is 35.4 Å². The van der Waals surface area contributed by atoms with Gasteiger partial charge in [-0.2, -0.15) is 0 Å². The molecule has 1 saturated heterocycles. The fourth-order valence-corrected chi connectivity index (χ4v) is 1.96. The number of carbonyl (C=O) groups is 3. The number of nitrogen functional groups attached to an aromatic ring is 1. The molecule has 1 aliphatic heterocycles. The maximum absolute atomic E-state index is 11.9. The van der Waals surface area contributed by atoms with E-state index in [1.807, 2.05) is 0 Å². The summed E-state index contributed by atoms with van der Waals surface area (Å²) in [5, 5.41) is 5.08. The first-order valence-electron chi connectivity index (χ1n) is 6.54. The van der Waals surface area contributed by atoms with Crippen molar-refractivity contribution < 1.29 is 19.1 Å². The molecule has 1 aromatic heterocycles. The lowest BCUT2D eigenvalue weighted by Crippen LogP contribution is -2.47. The fraction of sp³-hybridized carbons (Fsp3) is 0.385. The van der Waals surface area contributed by atoms with Gasteiger partial charge in [-0.15, -0.1) is 0 Å². The molecule has 2 rings (SSSR count). The lowest BCUT2D eigenvalue weighted by molar-refractivity contribution is -0.133. The molecule has 8 heteroatoms. The van der Waals surface area contributed by atoms with Crippen LogP contribution in [-0.2, 0) is 14.3 Å². The number of nitrogens with two attached hydrogens (primary N) is 1. The molecule has 1 unspecified atom stereocenters. The third-order valence-electron chi connectivity index (χ3n) is 2.95. The summed E-state index contributed by atoms with van der Waals surface area (Å²) in [7, 11) is 0. The largest absolute Gasteiger partial charge is 0.462 e. The van der Waals surface area contributed by atoms with Crippen molar-refractivity contribution in [3.8, 4) is 0 Å². The molecular weight excluding hydrogens is 276 g/mol. The first-order chi connectivity index (χ1) is 10.0. The van der Waals surface area contributed by atoms with E-state index in [0.717, 1.165) is 0 Å². The van der Waals surface area contributed by atoms with Crippen LogP contribution in [0.2, 0.25) is 0 Å². The van der Waals surface area contributed by atoms with Gasteiger partial charge in [0.1, 0.15) is 17.4 Å². The van der Waals surface area contributed by atoms with Gasteiger partial charge in [0.05, 0.1) is 18.5 Å². The maximum Gasteiger partial charge on any atom is 0.341 e. The van der Waals surface area contributed by atoms with Crippen molar-refractivity contribution >= 4 is 29.3 Å². The van der Waals surface area contributed by atoms with Crippen molar-refractivity contribution in [1.29, 1.82) is 0 Å². The summed E-state index contributed by atoms with van der Waals surface area (Å²) in [4.78, 5) is 38.7. The number of hydrogen-bond acceptors (Lipinski definition) is 7. The Kier molecular flexibility index (Phi) is 4.36. The standard InChI is InChI=1S/C13H16N4O4/c1-2-21-13(20)8-5-7(14)6-15-11(8)16-9-3-4-10(18)17-12(9)19/h5-6,9H,2-4,14H2,1H3,(H,15,16)(H,17,18,19). The lowest BCUT2D eigenvalue weighted by atomic mass is 10.1. The number of aromatic nitrogens is 1. The highest BCUT2D eigenvalue weighted by atomic mass is 16.5. The summed E-state index contributed by atoms with van der Waals surface area (Å²) < 4.78 is 4.93. The smallest absolute Gasteiger partial charge is 0.341 e. The Bertz CT molecular complexity index is 588. The molecular formula is C13H16N4O4. The molecule has 21 heavy (non-hydrogen) atoms. The summed E-state index contributed by atoms with van der Waals surface area (Å²) in [6, 6.07) is 0.797. The minimum absolute atomic E-state index is 0.154. The van der Waals surface area contributed by atoms with E-state index in [4.69, 9.17) is 10.5 Å². The van der Waals surface area contributed by atoms with Gasteiger partial charge >= 0.3 is 5.97 Å². The Hall–Kier alpha value is -2.64. The first kappa shape index (κ1) is 14.8. The van der Waals surface area contributed by atoms with Crippen molar-refractivity contribution in [3.05, 3.63) is 17.8 Å². The molecule has 2 amide bonds. The summed E-state index contributed by atoms with van der Waals surface area (Å²) in [5.74, 6) is -1.13. The zero-order chi connectivity index (χ0) is 15.4. The summed E-state index contributed by atoms with van der Waals surface area (Å²) in [6.45, 7) is 1.90. The molecule has 2 heterocycles. The van der Waals surface area contributed by atoms with Gasteiger partial charge in [0.15, 0.2) is 0 Å². The van der Waals surface area contributed by atoms with E-state index < -0.39 is 17.9 Å². The van der Waals surface area contributed by atoms with Gasteiger partial charge in [-0.25, -0.2) is 9.78 Å². The highest BCUT2D eigenvalue weighted by Gasteiger charge is 2.28. The van der Waals surface area contributed by atoms with Crippen LogP contribution >= 0.6 is 0 Å². The Morgan fingerprint density at radius 2 is 2.33 bits per heavy atom. The highest BCUT2D eigenvalue weighted by Crippen LogP contribution is 2.19. The van der Waals surface area contributed by atoms with Crippen molar-refractivity contribution in [2.24, 2.45) is 0 Å². The Morgan fingerprint density at radius 3 is 3.00 bits per heavy atom. The van der Waals surface area contributed by atoms with Crippen LogP contribution in [0.1, 0.15) is 30.1 Å². The Morgan fingerprint density at radius 1 is 1.57 bits per heavy atom. The van der Waals surface area contributed by atoms with Gasteiger partial charge in [0.2, 0.25) is 11.8 Å². The average Bonchev–Trinajstić information content (AvgIpc) is 2.43. The highest BCUT2D eigenvalue weighted by molar-refractivity contribution is 6.02. The van der Waals surface area contributed by atoms with Gasteiger partial charge in [-0.3, -0.25) is 14.9 Å². The first-order valence-corrected chi connectivity index (χ1v) is 6.54. The summed E-state index contributed by atoms with van der Waals surface area (Å²) >= 11 is 0. The number of imide groups is 1. The second-order valence-corrected chi connectivity index (χ2v) is 4.53. The van der Waals surface area contributed by atoms with Crippen molar-refractivity contribution in [2.45, 2.75) is 25.8 Å². The van der Waals surface area contributed by atoms with Crippen molar-refractivity contribution in [2.75, 3.05) is 17.7 Å². The predicted molar refractivity (Wildman–Crippen MR) is 74.4 cm³/mol. The molecule has 0 radical (unpaired) electrons. The molecule has 0 saturated carbocycles. The minimum atomic E-state index is -0.632. The third-order valence-corrected chi connectivity index (χ3v) is 2.95. The number of nitrogens with zero attached hydrogens (tertiary/aromatic N) is 1. The normalized spacial score (nSPS) is 18.0. The van der Waals surface area contributed by atoms with E-state index in [-0.39, 0.29) is 30.3 Å². The molecule has 112 valence electrons. The van der Waals surface area contributed by atoms with Crippen LogP contribution in [0, 0.1) is 0 Å². The number of nitrogens with one attached hydrogen (secondary N) is 2. The molecule has 1 aliphatic rings. The van der Waals surface area contributed by atoms with Crippen molar-refractivity contribution in [3.63, 3.8) is 0 Å². The van der Waals surface area contributed by atoms with Gasteiger partial charge in [-0.05, 0) is 19.4 Å². The molecule has 1 atom stereocenters. The van der Waals surface area contributed by atoms with Crippen LogP contribution in [0.3, 0.4) is 0 Å². The van der Waals surface area contributed by atoms with Crippen LogP contribution in [0.15, 0.2) is 12.3 Å². The molecule has 0 bridgehead atoms. The Balaban J connectivity index is 2.21. The second-order valence-electron chi connectivity index (χ2n) is 4.53. The predicted octanol–water partition coefficient (Wildman–Crippen LogP) is 0.0576. The Labute approximate surface area is 121 Å². The van der Waals surface area contributed by atoms with Crippen LogP contribution in [0.5, 0.6) is 0 Å². The van der Waals surface area contributed by atoms with Gasteiger partial charge in [0, 0.05) is 6.42 Å². The number of ether oxygens (including phenoxy) is 1. The molecule has 0 spiro atoms. The van der Waals surface area contributed by atoms with E-state index in [9.17, 15) is 14.4 Å². The van der Waals surface area contributed by atoms with E-state index in [1.54, 1.807) is 6.92 Å². The van der Waals surface area contributed by atoms with E-state index in [2.05, 4.69) is 15.6 Å². The number of carbonyl (C=O) groups excluding carboxylic acids is 3. The number of hydrogen-bond donors (Lipinski definition) is 3. The van der Waals surface area contributed by atoms with E-state index >= 15 is 0 Å². The van der Waals surface area contributed by atoms with E-state index in [1.165, 1.54) is 12.3 Å². The molecule has 0 aliphatic carbocycles. The number of esters is 1. The summed E-state index contributed by atoms with van der Waals surface area (Å²) in [5.41, 5.74) is 6.08. The monoisotopic (exact) mass is 292 g/mol. The summed E-state index contributed by atoms with van der Waals surface area (Å²) in [6.07, 6.45) is 1.93. The van der Waals surface area contributed by atoms with Crippen LogP contribution < -0.4 is 16.4 Å². The molecule has 4 N–H and O–H groups in total. The number of pyridine rings is 1. The number of amides is 2. The lowest BCUT2D eigenvalue weighted by Gasteiger charge is -2.23. The van der Waals surface area contributed by atoms with Gasteiger partial charge < -0.3 is 15.8 Å². The molecule has 1 fully saturated rings. The molecule has 1 aromatic rings. The number of piperidine rings is 1. The number of anilines is 2. The topological polar surface area (TPSA) is 123 Å². The third kappa shape index (κ3) is 3.47. The SMILES string of the molecule is CCOC(=O)c1cc(N)cnc1NC1CCC(=O)NC1=O. The van der Waals surface area contributed by atoms with Crippen LogP contribution in [0.4, 0.5) is 11.5 Å². The van der Waals surface area contributed by atoms with Crippen LogP contribution in [0.25, 0.3) is 0 Å². The van der Waals surface area contributed by atoms with E-state index in [0.29, 0.717) is 12.1 Å². The fourth-order valence-electron chi connectivity index (χ4n) is 1.96.